The molecule has 6 nitrogen and oxygen atoms in total. The number of anilines is 2. The van der Waals surface area contributed by atoms with Crippen molar-refractivity contribution in [3.05, 3.63) is 66.0 Å². The number of nitrogens with zero attached hydrogens (tertiary/aromatic N) is 3. The van der Waals surface area contributed by atoms with Gasteiger partial charge in [-0.3, -0.25) is 4.98 Å². The number of benzene rings is 1. The molecule has 3 rings (SSSR count). The van der Waals surface area contributed by atoms with Gasteiger partial charge in [0.15, 0.2) is 0 Å². The molecule has 0 spiro atoms. The number of aromatic nitrogens is 3. The van der Waals surface area contributed by atoms with Crippen LogP contribution in [0.2, 0.25) is 0 Å². The molecule has 0 aliphatic carbocycles. The van der Waals surface area contributed by atoms with Gasteiger partial charge in [0, 0.05) is 24.5 Å². The molecular weight excluding hydrogens is 395 g/mol. The van der Waals surface area contributed by atoms with Gasteiger partial charge in [0.05, 0.1) is 17.8 Å². The lowest BCUT2D eigenvalue weighted by molar-refractivity contribution is -0.137. The van der Waals surface area contributed by atoms with Crippen LogP contribution in [0, 0.1) is 0 Å². The maximum Gasteiger partial charge on any atom is 0.421 e. The van der Waals surface area contributed by atoms with Crippen LogP contribution in [-0.2, 0) is 12.7 Å². The van der Waals surface area contributed by atoms with Crippen molar-refractivity contribution in [1.29, 1.82) is 0 Å². The molecule has 0 saturated heterocycles. The minimum atomic E-state index is -4.62. The van der Waals surface area contributed by atoms with E-state index < -0.39 is 17.3 Å². The molecule has 2 heterocycles. The van der Waals surface area contributed by atoms with Crippen LogP contribution in [0.4, 0.5) is 24.9 Å². The van der Waals surface area contributed by atoms with E-state index in [4.69, 9.17) is 0 Å². The van der Waals surface area contributed by atoms with Gasteiger partial charge < -0.3 is 15.7 Å². The number of aliphatic hydroxyl groups excluding tert-OH is 1. The van der Waals surface area contributed by atoms with E-state index in [0.29, 0.717) is 6.54 Å². The topological polar surface area (TPSA) is 83.0 Å². The molecular formula is C21H22F3N5O. The van der Waals surface area contributed by atoms with Gasteiger partial charge >= 0.3 is 6.18 Å². The summed E-state index contributed by atoms with van der Waals surface area (Å²) in [5.41, 5.74) is 0.748. The highest BCUT2D eigenvalue weighted by molar-refractivity contribution is 5.59. The highest BCUT2D eigenvalue weighted by Gasteiger charge is 2.36. The molecule has 0 radical (unpaired) electrons. The molecule has 0 atom stereocenters. The van der Waals surface area contributed by atoms with Crippen LogP contribution in [0.3, 0.4) is 0 Å². The largest absolute Gasteiger partial charge is 0.421 e. The third kappa shape index (κ3) is 5.44. The molecule has 3 N–H and O–H groups in total. The van der Waals surface area contributed by atoms with Crippen LogP contribution >= 0.6 is 0 Å². The zero-order valence-electron chi connectivity index (χ0n) is 16.5. The highest BCUT2D eigenvalue weighted by atomic mass is 19.4. The van der Waals surface area contributed by atoms with Crippen LogP contribution in [0.1, 0.15) is 25.0 Å². The minimum Gasteiger partial charge on any atom is -0.394 e. The summed E-state index contributed by atoms with van der Waals surface area (Å²) in [6.07, 6.45) is -2.17. The van der Waals surface area contributed by atoms with Crippen molar-refractivity contribution in [2.75, 3.05) is 17.2 Å². The number of halogens is 3. The van der Waals surface area contributed by atoms with Crippen molar-refractivity contribution >= 4 is 11.8 Å². The van der Waals surface area contributed by atoms with Crippen molar-refractivity contribution in [3.8, 4) is 11.3 Å². The summed E-state index contributed by atoms with van der Waals surface area (Å²) in [5.74, 6) is -0.336. The first-order chi connectivity index (χ1) is 14.2. The maximum absolute atomic E-state index is 13.3. The summed E-state index contributed by atoms with van der Waals surface area (Å²) in [5, 5.41) is 14.9. The highest BCUT2D eigenvalue weighted by Crippen LogP contribution is 2.34. The number of rotatable bonds is 7. The lowest BCUT2D eigenvalue weighted by Gasteiger charge is -2.26. The fourth-order valence-corrected chi connectivity index (χ4v) is 2.64. The zero-order chi connectivity index (χ0) is 21.8. The average Bonchev–Trinajstić information content (AvgIpc) is 2.72. The first-order valence-electron chi connectivity index (χ1n) is 9.25. The van der Waals surface area contributed by atoms with Crippen LogP contribution in [0.15, 0.2) is 54.9 Å². The summed E-state index contributed by atoms with van der Waals surface area (Å²) in [4.78, 5) is 12.1. The summed E-state index contributed by atoms with van der Waals surface area (Å²) in [6.45, 7) is 3.12. The van der Waals surface area contributed by atoms with Crippen molar-refractivity contribution in [1.82, 2.24) is 15.0 Å². The number of pyridine rings is 1. The van der Waals surface area contributed by atoms with E-state index in [2.05, 4.69) is 25.6 Å². The van der Waals surface area contributed by atoms with E-state index in [9.17, 15) is 18.3 Å². The molecule has 0 aliphatic rings. The van der Waals surface area contributed by atoms with Gasteiger partial charge in [-0.2, -0.15) is 18.2 Å². The van der Waals surface area contributed by atoms with Crippen LogP contribution in [0.25, 0.3) is 11.3 Å². The third-order valence-corrected chi connectivity index (χ3v) is 4.31. The van der Waals surface area contributed by atoms with Gasteiger partial charge in [-0.25, -0.2) is 4.98 Å². The molecule has 1 aromatic carbocycles. The monoisotopic (exact) mass is 417 g/mol. The summed E-state index contributed by atoms with van der Waals surface area (Å²) in [6, 6.07) is 13.3. The molecule has 30 heavy (non-hydrogen) atoms. The Balaban J connectivity index is 1.75. The Bertz CT molecular complexity index is 976. The second-order valence-corrected chi connectivity index (χ2v) is 7.39. The van der Waals surface area contributed by atoms with Crippen molar-refractivity contribution < 1.29 is 18.3 Å². The van der Waals surface area contributed by atoms with Crippen molar-refractivity contribution in [2.45, 2.75) is 32.1 Å². The van der Waals surface area contributed by atoms with E-state index in [0.717, 1.165) is 23.0 Å². The maximum atomic E-state index is 13.3. The normalized spacial score (nSPS) is 11.9. The molecule has 3 aromatic rings. The Labute approximate surface area is 172 Å². The smallest absolute Gasteiger partial charge is 0.394 e. The van der Waals surface area contributed by atoms with E-state index in [1.807, 2.05) is 42.5 Å². The Morgan fingerprint density at radius 1 is 1.00 bits per heavy atom. The Kier molecular flexibility index (Phi) is 6.21. The minimum absolute atomic E-state index is 0.0491. The van der Waals surface area contributed by atoms with E-state index in [-0.39, 0.29) is 18.4 Å². The third-order valence-electron chi connectivity index (χ3n) is 4.31. The second-order valence-electron chi connectivity index (χ2n) is 7.39. The second kappa shape index (κ2) is 8.66. The van der Waals surface area contributed by atoms with E-state index in [1.54, 1.807) is 20.0 Å². The average molecular weight is 417 g/mol. The SMILES string of the molecule is CC(C)(CO)Nc1nc(NCc2ccc(-c3ccccn3)cc2)ncc1C(F)(F)F. The Morgan fingerprint density at radius 2 is 1.73 bits per heavy atom. The summed E-state index contributed by atoms with van der Waals surface area (Å²) < 4.78 is 39.8. The Hall–Kier alpha value is -3.20. The van der Waals surface area contributed by atoms with E-state index in [1.165, 1.54) is 0 Å². The lowest BCUT2D eigenvalue weighted by atomic mass is 10.1. The van der Waals surface area contributed by atoms with Crippen molar-refractivity contribution in [3.63, 3.8) is 0 Å². The molecule has 0 unspecified atom stereocenters. The quantitative estimate of drug-likeness (QED) is 0.530. The first-order valence-corrected chi connectivity index (χ1v) is 9.25. The molecule has 2 aromatic heterocycles. The van der Waals surface area contributed by atoms with Crippen LogP contribution in [-0.4, -0.2) is 32.2 Å². The molecule has 9 heteroatoms. The van der Waals surface area contributed by atoms with E-state index >= 15 is 0 Å². The number of hydrogen-bond acceptors (Lipinski definition) is 6. The van der Waals surface area contributed by atoms with Gasteiger partial charge in [-0.05, 0) is 31.5 Å². The predicted molar refractivity (Wildman–Crippen MR) is 109 cm³/mol. The van der Waals surface area contributed by atoms with Crippen molar-refractivity contribution in [2.24, 2.45) is 0 Å². The fraction of sp³-hybridized carbons (Fsp3) is 0.286. The zero-order valence-corrected chi connectivity index (χ0v) is 16.5. The number of nitrogens with one attached hydrogen (secondary N) is 2. The van der Waals surface area contributed by atoms with Gasteiger partial charge in [0.2, 0.25) is 5.95 Å². The molecule has 158 valence electrons. The molecule has 0 aliphatic heterocycles. The van der Waals surface area contributed by atoms with Crippen LogP contribution in [0.5, 0.6) is 0 Å². The molecule has 0 amide bonds. The van der Waals surface area contributed by atoms with Gasteiger partial charge in [-0.15, -0.1) is 0 Å². The number of alkyl halides is 3. The van der Waals surface area contributed by atoms with Gasteiger partial charge in [0.25, 0.3) is 0 Å². The van der Waals surface area contributed by atoms with Gasteiger partial charge in [0.1, 0.15) is 11.4 Å². The lowest BCUT2D eigenvalue weighted by Crippen LogP contribution is -2.36. The number of aliphatic hydroxyl groups is 1. The van der Waals surface area contributed by atoms with Crippen LogP contribution < -0.4 is 10.6 Å². The Morgan fingerprint density at radius 3 is 2.33 bits per heavy atom. The molecule has 0 saturated carbocycles. The molecule has 0 bridgehead atoms. The number of hydrogen-bond donors (Lipinski definition) is 3. The van der Waals surface area contributed by atoms with Gasteiger partial charge in [-0.1, -0.05) is 30.3 Å². The molecule has 0 fully saturated rings. The summed E-state index contributed by atoms with van der Waals surface area (Å²) >= 11 is 0. The standard InChI is InChI=1S/C21H22F3N5O/c1-20(2,13-30)29-18-16(21(22,23)24)12-27-19(28-18)26-11-14-6-8-15(9-7-14)17-5-3-4-10-25-17/h3-10,12,30H,11,13H2,1-2H3,(H2,26,27,28,29). The summed E-state index contributed by atoms with van der Waals surface area (Å²) in [7, 11) is 0. The predicted octanol–water partition coefficient (Wildman–Crippen LogP) is 4.35. The fourth-order valence-electron chi connectivity index (χ4n) is 2.64. The first kappa shape index (κ1) is 21.5.